The molecule has 19 heavy (non-hydrogen) atoms. The molecule has 1 atom stereocenters. The molecule has 0 amide bonds. The van der Waals surface area contributed by atoms with Gasteiger partial charge in [-0.2, -0.15) is 0 Å². The van der Waals surface area contributed by atoms with Gasteiger partial charge in [-0.25, -0.2) is 0 Å². The highest BCUT2D eigenvalue weighted by Gasteiger charge is 2.43. The van der Waals surface area contributed by atoms with E-state index in [2.05, 4.69) is 24.8 Å². The van der Waals surface area contributed by atoms with E-state index in [4.69, 9.17) is 9.15 Å². The van der Waals surface area contributed by atoms with E-state index in [-0.39, 0.29) is 5.60 Å². The Labute approximate surface area is 115 Å². The van der Waals surface area contributed by atoms with E-state index in [0.29, 0.717) is 0 Å². The second-order valence-electron chi connectivity index (χ2n) is 6.61. The van der Waals surface area contributed by atoms with E-state index in [1.54, 1.807) is 6.26 Å². The molecule has 0 aliphatic carbocycles. The fourth-order valence-electron chi connectivity index (χ4n) is 3.42. The van der Waals surface area contributed by atoms with Gasteiger partial charge < -0.3 is 9.15 Å². The third kappa shape index (κ3) is 2.87. The van der Waals surface area contributed by atoms with Crippen molar-refractivity contribution in [1.29, 1.82) is 0 Å². The Morgan fingerprint density at radius 2 is 2.16 bits per heavy atom. The maximum atomic E-state index is 6.19. The summed E-state index contributed by atoms with van der Waals surface area (Å²) in [5.74, 6) is 1.52. The highest BCUT2D eigenvalue weighted by Crippen LogP contribution is 2.41. The lowest BCUT2D eigenvalue weighted by atomic mass is 9.82. The van der Waals surface area contributed by atoms with Crippen molar-refractivity contribution in [3.05, 3.63) is 24.2 Å². The second kappa shape index (κ2) is 5.29. The SMILES string of the molecule is CC(C)[C@H]1COC2(CCN(Cc3ccoc3)CC2)C1. The molecule has 2 fully saturated rings. The first kappa shape index (κ1) is 13.2. The molecule has 0 saturated carbocycles. The minimum absolute atomic E-state index is 0.196. The molecule has 0 N–H and O–H groups in total. The Bertz CT molecular complexity index is 391. The largest absolute Gasteiger partial charge is 0.472 e. The summed E-state index contributed by atoms with van der Waals surface area (Å²) in [4.78, 5) is 2.52. The molecule has 3 heterocycles. The van der Waals surface area contributed by atoms with Crippen LogP contribution < -0.4 is 0 Å². The average molecular weight is 263 g/mol. The van der Waals surface area contributed by atoms with Crippen molar-refractivity contribution >= 4 is 0 Å². The summed E-state index contributed by atoms with van der Waals surface area (Å²) in [6, 6.07) is 2.06. The van der Waals surface area contributed by atoms with Gasteiger partial charge in [0.1, 0.15) is 0 Å². The molecular weight excluding hydrogens is 238 g/mol. The quantitative estimate of drug-likeness (QED) is 0.836. The van der Waals surface area contributed by atoms with E-state index in [1.165, 1.54) is 24.8 Å². The molecule has 3 nitrogen and oxygen atoms in total. The van der Waals surface area contributed by atoms with Crippen LogP contribution in [0.5, 0.6) is 0 Å². The van der Waals surface area contributed by atoms with Gasteiger partial charge in [-0.15, -0.1) is 0 Å². The van der Waals surface area contributed by atoms with E-state index in [9.17, 15) is 0 Å². The van der Waals surface area contributed by atoms with Crippen LogP contribution in [0.1, 0.15) is 38.7 Å². The first-order valence-corrected chi connectivity index (χ1v) is 7.54. The standard InChI is InChI=1S/C16H25NO2/c1-13(2)15-9-16(19-12-15)4-6-17(7-5-16)10-14-3-8-18-11-14/h3,8,11,13,15H,4-7,9-10,12H2,1-2H3/t15-/m1/s1. The molecule has 0 aromatic carbocycles. The first-order valence-electron chi connectivity index (χ1n) is 7.54. The summed E-state index contributed by atoms with van der Waals surface area (Å²) in [5.41, 5.74) is 1.48. The number of rotatable bonds is 3. The Kier molecular flexibility index (Phi) is 3.68. The van der Waals surface area contributed by atoms with Crippen molar-refractivity contribution in [2.45, 2.75) is 45.3 Å². The highest BCUT2D eigenvalue weighted by molar-refractivity contribution is 5.05. The molecule has 1 aromatic rings. The summed E-state index contributed by atoms with van der Waals surface area (Å²) in [5, 5.41) is 0. The van der Waals surface area contributed by atoms with Crippen molar-refractivity contribution in [1.82, 2.24) is 4.90 Å². The lowest BCUT2D eigenvalue weighted by Crippen LogP contribution is -2.43. The smallest absolute Gasteiger partial charge is 0.0947 e. The van der Waals surface area contributed by atoms with Crippen molar-refractivity contribution in [2.75, 3.05) is 19.7 Å². The molecule has 1 aromatic heterocycles. The van der Waals surface area contributed by atoms with Crippen LogP contribution in [0.3, 0.4) is 0 Å². The Morgan fingerprint density at radius 1 is 1.37 bits per heavy atom. The summed E-state index contributed by atoms with van der Waals surface area (Å²) in [6.07, 6.45) is 7.26. The predicted molar refractivity (Wildman–Crippen MR) is 74.8 cm³/mol. The number of hydrogen-bond donors (Lipinski definition) is 0. The highest BCUT2D eigenvalue weighted by atomic mass is 16.5. The third-order valence-electron chi connectivity index (χ3n) is 4.93. The molecule has 3 rings (SSSR count). The Hall–Kier alpha value is -0.800. The molecule has 0 radical (unpaired) electrons. The molecule has 106 valence electrons. The van der Waals surface area contributed by atoms with Crippen LogP contribution in [0.2, 0.25) is 0 Å². The lowest BCUT2D eigenvalue weighted by Gasteiger charge is -2.38. The zero-order valence-electron chi connectivity index (χ0n) is 12.1. The van der Waals surface area contributed by atoms with Crippen LogP contribution in [0.4, 0.5) is 0 Å². The fourth-order valence-corrected chi connectivity index (χ4v) is 3.42. The van der Waals surface area contributed by atoms with Gasteiger partial charge in [0.2, 0.25) is 0 Å². The van der Waals surface area contributed by atoms with Gasteiger partial charge in [-0.1, -0.05) is 13.8 Å². The third-order valence-corrected chi connectivity index (χ3v) is 4.93. The number of piperidine rings is 1. The molecule has 2 saturated heterocycles. The normalized spacial score (nSPS) is 27.4. The van der Waals surface area contributed by atoms with Crippen LogP contribution in [0.15, 0.2) is 23.0 Å². The molecule has 2 aliphatic rings. The summed E-state index contributed by atoms with van der Waals surface area (Å²) >= 11 is 0. The zero-order chi connectivity index (χ0) is 13.3. The van der Waals surface area contributed by atoms with Crippen LogP contribution in [-0.4, -0.2) is 30.2 Å². The molecule has 3 heteroatoms. The molecule has 0 bridgehead atoms. The van der Waals surface area contributed by atoms with Crippen LogP contribution in [0, 0.1) is 11.8 Å². The number of ether oxygens (including phenoxy) is 1. The van der Waals surface area contributed by atoms with Gasteiger partial charge in [0.15, 0.2) is 0 Å². The van der Waals surface area contributed by atoms with Crippen molar-refractivity contribution in [3.63, 3.8) is 0 Å². The average Bonchev–Trinajstić information content (AvgIpc) is 3.03. The second-order valence-corrected chi connectivity index (χ2v) is 6.61. The van der Waals surface area contributed by atoms with Crippen LogP contribution in [0.25, 0.3) is 0 Å². The minimum Gasteiger partial charge on any atom is -0.472 e. The summed E-state index contributed by atoms with van der Waals surface area (Å²) < 4.78 is 11.3. The van der Waals surface area contributed by atoms with Crippen LogP contribution in [-0.2, 0) is 11.3 Å². The monoisotopic (exact) mass is 263 g/mol. The minimum atomic E-state index is 0.196. The molecule has 0 unspecified atom stereocenters. The number of furan rings is 1. The molecule has 2 aliphatic heterocycles. The van der Waals surface area contributed by atoms with E-state index in [1.807, 2.05) is 6.26 Å². The van der Waals surface area contributed by atoms with Gasteiger partial charge in [0, 0.05) is 25.2 Å². The van der Waals surface area contributed by atoms with Crippen LogP contribution >= 0.6 is 0 Å². The zero-order valence-corrected chi connectivity index (χ0v) is 12.1. The lowest BCUT2D eigenvalue weighted by molar-refractivity contribution is -0.0452. The summed E-state index contributed by atoms with van der Waals surface area (Å²) in [7, 11) is 0. The molecular formula is C16H25NO2. The van der Waals surface area contributed by atoms with Gasteiger partial charge in [0.25, 0.3) is 0 Å². The van der Waals surface area contributed by atoms with Crippen molar-refractivity contribution in [2.24, 2.45) is 11.8 Å². The Balaban J connectivity index is 1.52. The number of likely N-dealkylation sites (tertiary alicyclic amines) is 1. The van der Waals surface area contributed by atoms with Gasteiger partial charge in [0.05, 0.1) is 24.7 Å². The number of nitrogens with zero attached hydrogens (tertiary/aromatic N) is 1. The Morgan fingerprint density at radius 3 is 2.74 bits per heavy atom. The maximum absolute atomic E-state index is 6.19. The van der Waals surface area contributed by atoms with Gasteiger partial charge >= 0.3 is 0 Å². The van der Waals surface area contributed by atoms with E-state index in [0.717, 1.165) is 38.1 Å². The topological polar surface area (TPSA) is 25.6 Å². The van der Waals surface area contributed by atoms with E-state index < -0.39 is 0 Å². The van der Waals surface area contributed by atoms with Crippen molar-refractivity contribution < 1.29 is 9.15 Å². The first-order chi connectivity index (χ1) is 9.17. The maximum Gasteiger partial charge on any atom is 0.0947 e. The predicted octanol–water partition coefficient (Wildman–Crippen LogP) is 3.31. The molecule has 1 spiro atoms. The van der Waals surface area contributed by atoms with Crippen molar-refractivity contribution in [3.8, 4) is 0 Å². The van der Waals surface area contributed by atoms with Gasteiger partial charge in [-0.3, -0.25) is 4.90 Å². The van der Waals surface area contributed by atoms with E-state index >= 15 is 0 Å². The van der Waals surface area contributed by atoms with Gasteiger partial charge in [-0.05, 0) is 37.2 Å². The fraction of sp³-hybridized carbons (Fsp3) is 0.750. The number of hydrogen-bond acceptors (Lipinski definition) is 3. The summed E-state index contributed by atoms with van der Waals surface area (Å²) in [6.45, 7) is 8.92.